The van der Waals surface area contributed by atoms with Crippen molar-refractivity contribution in [2.75, 3.05) is 24.6 Å². The topological polar surface area (TPSA) is 110 Å². The summed E-state index contributed by atoms with van der Waals surface area (Å²) in [7, 11) is 0. The minimum Gasteiger partial charge on any atom is -0.449 e. The average Bonchev–Trinajstić information content (AvgIpc) is 3.84. The molecule has 1 aliphatic carbocycles. The number of nitrogens with one attached hydrogen (secondary N) is 2. The number of benzene rings is 5. The van der Waals surface area contributed by atoms with E-state index >= 15 is 0 Å². The fourth-order valence-electron chi connectivity index (χ4n) is 7.80. The second-order valence-electron chi connectivity index (χ2n) is 13.6. The maximum absolute atomic E-state index is 14.5. The third-order valence-electron chi connectivity index (χ3n) is 10.3. The van der Waals surface area contributed by atoms with Gasteiger partial charge in [0.1, 0.15) is 18.2 Å². The first kappa shape index (κ1) is 33.9. The first-order valence-electron chi connectivity index (χ1n) is 18.3. The Bertz CT molecular complexity index is 2020. The molecule has 0 bridgehead atoms. The molecule has 9 nitrogen and oxygen atoms in total. The molecule has 266 valence electrons. The van der Waals surface area contributed by atoms with Crippen LogP contribution < -0.4 is 15.5 Å². The van der Waals surface area contributed by atoms with Gasteiger partial charge in [0.25, 0.3) is 11.8 Å². The molecule has 0 spiro atoms. The quantitative estimate of drug-likeness (QED) is 0.131. The molecule has 53 heavy (non-hydrogen) atoms. The van der Waals surface area contributed by atoms with E-state index in [1.807, 2.05) is 115 Å². The Balaban J connectivity index is 1.08. The molecule has 2 N–H and O–H groups in total. The van der Waals surface area contributed by atoms with Crippen molar-refractivity contribution in [1.82, 2.24) is 20.8 Å². The number of hydrogen-bond donors (Lipinski definition) is 2. The van der Waals surface area contributed by atoms with Crippen LogP contribution in [-0.2, 0) is 15.1 Å². The van der Waals surface area contributed by atoms with Crippen LogP contribution in [0.4, 0.5) is 10.7 Å². The van der Waals surface area contributed by atoms with Gasteiger partial charge in [-0.25, -0.2) is 4.79 Å². The summed E-state index contributed by atoms with van der Waals surface area (Å²) in [5.74, 6) is 0.140. The van der Waals surface area contributed by atoms with Crippen molar-refractivity contribution in [3.05, 3.63) is 173 Å². The molecule has 1 aromatic heterocycles. The summed E-state index contributed by atoms with van der Waals surface area (Å²) >= 11 is 0. The zero-order chi connectivity index (χ0) is 36.0. The highest BCUT2D eigenvalue weighted by molar-refractivity contribution is 5.81. The number of hydrogen-bond acceptors (Lipinski definition) is 7. The number of anilines is 1. The number of nitrogens with zero attached hydrogens (tertiary/aromatic N) is 3. The van der Waals surface area contributed by atoms with Crippen LogP contribution in [-0.4, -0.2) is 41.8 Å². The van der Waals surface area contributed by atoms with Crippen LogP contribution >= 0.6 is 0 Å². The van der Waals surface area contributed by atoms with Gasteiger partial charge >= 0.3 is 6.09 Å². The summed E-state index contributed by atoms with van der Waals surface area (Å²) in [4.78, 5) is 35.0. The second-order valence-corrected chi connectivity index (χ2v) is 13.6. The highest BCUT2D eigenvalue weighted by Gasteiger charge is 2.39. The molecule has 0 unspecified atom stereocenters. The predicted octanol–water partition coefficient (Wildman–Crippen LogP) is 8.14. The average molecular weight is 704 g/mol. The molecule has 1 saturated heterocycles. The Morgan fingerprint density at radius 3 is 1.77 bits per heavy atom. The van der Waals surface area contributed by atoms with Gasteiger partial charge in [-0.1, -0.05) is 140 Å². The zero-order valence-electron chi connectivity index (χ0n) is 29.4. The number of fused-ring (bicyclic) bond motifs is 3. The number of carbonyl (C=O) groups is 2. The molecule has 1 aliphatic heterocycles. The number of ether oxygens (including phenoxy) is 1. The Kier molecular flexibility index (Phi) is 9.71. The lowest BCUT2D eigenvalue weighted by Crippen LogP contribution is -2.48. The van der Waals surface area contributed by atoms with Gasteiger partial charge in [0, 0.05) is 19.0 Å². The minimum absolute atomic E-state index is 0.118. The van der Waals surface area contributed by atoms with E-state index in [0.29, 0.717) is 5.95 Å². The van der Waals surface area contributed by atoms with E-state index < -0.39 is 17.7 Å². The Labute approximate surface area is 309 Å². The summed E-state index contributed by atoms with van der Waals surface area (Å²) in [6.07, 6.45) is 2.37. The number of rotatable bonds is 11. The van der Waals surface area contributed by atoms with E-state index in [4.69, 9.17) is 14.2 Å². The van der Waals surface area contributed by atoms with Gasteiger partial charge < -0.3 is 24.8 Å². The number of carbonyl (C=O) groups excluding carboxylic acids is 2. The van der Waals surface area contributed by atoms with E-state index in [9.17, 15) is 9.59 Å². The van der Waals surface area contributed by atoms with Crippen molar-refractivity contribution < 1.29 is 18.8 Å². The molecular weight excluding hydrogens is 663 g/mol. The summed E-state index contributed by atoms with van der Waals surface area (Å²) in [5.41, 5.74) is 6.12. The second kappa shape index (κ2) is 15.2. The zero-order valence-corrected chi connectivity index (χ0v) is 29.4. The molecule has 6 aromatic rings. The van der Waals surface area contributed by atoms with Crippen LogP contribution in [0, 0.1) is 0 Å². The van der Waals surface area contributed by atoms with Crippen molar-refractivity contribution in [3.8, 4) is 11.1 Å². The lowest BCUT2D eigenvalue weighted by Gasteiger charge is -2.37. The van der Waals surface area contributed by atoms with Crippen molar-refractivity contribution in [3.63, 3.8) is 0 Å². The molecule has 1 fully saturated rings. The van der Waals surface area contributed by atoms with E-state index in [1.54, 1.807) is 0 Å². The monoisotopic (exact) mass is 703 g/mol. The first-order chi connectivity index (χ1) is 26.1. The fourth-order valence-corrected chi connectivity index (χ4v) is 7.80. The minimum atomic E-state index is -1.04. The Hall–Kier alpha value is -6.22. The van der Waals surface area contributed by atoms with Gasteiger partial charge in [-0.15, -0.1) is 0 Å². The van der Waals surface area contributed by atoms with Crippen molar-refractivity contribution in [1.29, 1.82) is 0 Å². The Morgan fingerprint density at radius 1 is 0.717 bits per heavy atom. The maximum atomic E-state index is 14.5. The van der Waals surface area contributed by atoms with Gasteiger partial charge in [-0.3, -0.25) is 4.79 Å². The molecule has 0 saturated carbocycles. The molecule has 2 aliphatic rings. The molecule has 2 heterocycles. The smallest absolute Gasteiger partial charge is 0.407 e. The van der Waals surface area contributed by atoms with Gasteiger partial charge in [-0.05, 0) is 63.4 Å². The maximum Gasteiger partial charge on any atom is 0.407 e. The summed E-state index contributed by atoms with van der Waals surface area (Å²) in [6, 6.07) is 45.1. The number of amides is 2. The lowest BCUT2D eigenvalue weighted by molar-refractivity contribution is -0.123. The lowest BCUT2D eigenvalue weighted by atomic mass is 9.77. The molecule has 9 heteroatoms. The molecule has 2 amide bonds. The molecular formula is C44H41N5O4. The number of piperidine rings is 1. The van der Waals surface area contributed by atoms with Crippen LogP contribution in [0.3, 0.4) is 0 Å². The van der Waals surface area contributed by atoms with Crippen LogP contribution in [0.2, 0.25) is 0 Å². The summed E-state index contributed by atoms with van der Waals surface area (Å²) < 4.78 is 11.7. The van der Waals surface area contributed by atoms with E-state index in [1.165, 1.54) is 0 Å². The highest BCUT2D eigenvalue weighted by Crippen LogP contribution is 2.44. The van der Waals surface area contributed by atoms with E-state index in [-0.39, 0.29) is 30.7 Å². The van der Waals surface area contributed by atoms with Crippen molar-refractivity contribution >= 4 is 17.9 Å². The van der Waals surface area contributed by atoms with Crippen molar-refractivity contribution in [2.24, 2.45) is 0 Å². The molecule has 0 radical (unpaired) electrons. The normalized spacial score (nSPS) is 14.5. The van der Waals surface area contributed by atoms with Gasteiger partial charge in [0.05, 0.1) is 6.42 Å². The summed E-state index contributed by atoms with van der Waals surface area (Å²) in [5, 5.41) is 10.6. The number of aromatic nitrogens is 2. The summed E-state index contributed by atoms with van der Waals surface area (Å²) in [6.45, 7) is 1.76. The largest absolute Gasteiger partial charge is 0.449 e. The molecule has 5 aromatic carbocycles. The molecule has 8 rings (SSSR count). The third-order valence-corrected chi connectivity index (χ3v) is 10.3. The predicted molar refractivity (Wildman–Crippen MR) is 203 cm³/mol. The van der Waals surface area contributed by atoms with E-state index in [2.05, 4.69) is 45.0 Å². The van der Waals surface area contributed by atoms with Crippen LogP contribution in [0.25, 0.3) is 11.1 Å². The SMILES string of the molecule is O=C(C[C@H](NC(=O)OCC1c2ccccc2-c2ccccc21)c1nc(N2CCCCC2)no1)NC(c1ccccc1)(c1ccccc1)c1ccccc1. The standard InChI is InChI=1S/C44H41N5O4/c50-40(47-44(31-17-5-1-6-18-31,32-19-7-2-8-20-32)33-21-9-3-10-22-33)29-39(41-46-42(48-53-41)49-27-15-4-16-28-49)45-43(51)52-30-38-36-25-13-11-23-34(36)35-24-12-14-26-37(35)38/h1-3,5-14,17-26,38-39H,4,15-16,27-30H2,(H,45,51)(H,47,50)/t39-/m0/s1. The first-order valence-corrected chi connectivity index (χ1v) is 18.3. The number of alkyl carbamates (subject to hydrolysis) is 1. The van der Waals surface area contributed by atoms with Crippen LogP contribution in [0.5, 0.6) is 0 Å². The Morgan fingerprint density at radius 2 is 1.23 bits per heavy atom. The highest BCUT2D eigenvalue weighted by atomic mass is 16.5. The third kappa shape index (κ3) is 6.90. The van der Waals surface area contributed by atoms with Gasteiger partial charge in [-0.2, -0.15) is 4.98 Å². The van der Waals surface area contributed by atoms with Crippen molar-refractivity contribution in [2.45, 2.75) is 43.2 Å². The van der Waals surface area contributed by atoms with E-state index in [0.717, 1.165) is 71.3 Å². The van der Waals surface area contributed by atoms with Gasteiger partial charge in [0.2, 0.25) is 5.91 Å². The van der Waals surface area contributed by atoms with Crippen LogP contribution in [0.1, 0.15) is 71.4 Å². The van der Waals surface area contributed by atoms with Crippen LogP contribution in [0.15, 0.2) is 144 Å². The van der Waals surface area contributed by atoms with Gasteiger partial charge in [0.15, 0.2) is 0 Å². The molecule has 1 atom stereocenters. The fraction of sp³-hybridized carbons (Fsp3) is 0.227.